The predicted molar refractivity (Wildman–Crippen MR) is 315 cm³/mol. The molecule has 0 aliphatic carbocycles. The maximum Gasteiger partial charge on any atom is 0.399 e. The highest BCUT2D eigenvalue weighted by atomic mass is 32.1. The van der Waals surface area contributed by atoms with Crippen LogP contribution in [0.25, 0.3) is 10.1 Å². The molecule has 88 heavy (non-hydrogen) atoms. The second-order valence-corrected chi connectivity index (χ2v) is 26.7. The SMILES string of the molecule is CC(C)(C)c1ccc(C[C@H](NC(=O)[C@H](CCC(N)=O)NC(=O)[C@@H]2CC[C@@H]3CCN(CC(F)F)C[C@H](NC(=O)c4cc5cc(C(F)(F)P(=O)(O)O)ccc5s4)C(=O)N32)C(=O)N2CCN(CCNc3cccc4c3CN(C3CCC(=O)NC3=O)C4=O)CC2)cc1. The minimum Gasteiger partial charge on any atom is -0.383 e. The number of imide groups is 1. The maximum absolute atomic E-state index is 14.8. The van der Waals surface area contributed by atoms with E-state index in [9.17, 15) is 75.1 Å². The molecule has 29 heteroatoms. The van der Waals surface area contributed by atoms with Gasteiger partial charge in [-0.2, -0.15) is 8.78 Å². The summed E-state index contributed by atoms with van der Waals surface area (Å²) in [5.41, 5.74) is 3.54. The van der Waals surface area contributed by atoms with Crippen LogP contribution in [0.2, 0.25) is 0 Å². The number of benzene rings is 3. The Morgan fingerprint density at radius 2 is 1.57 bits per heavy atom. The number of alkyl halides is 4. The predicted octanol–water partition coefficient (Wildman–Crippen LogP) is 3.35. The Morgan fingerprint density at radius 1 is 0.852 bits per heavy atom. The molecule has 4 fully saturated rings. The van der Waals surface area contributed by atoms with E-state index < -0.39 is 116 Å². The van der Waals surface area contributed by atoms with Crippen LogP contribution in [-0.2, 0) is 62.2 Å². The number of nitrogens with zero attached hydrogens (tertiary/aromatic N) is 5. The summed E-state index contributed by atoms with van der Waals surface area (Å²) in [5, 5.41) is 13.9. The zero-order valence-electron chi connectivity index (χ0n) is 48.8. The molecule has 6 heterocycles. The number of carbonyl (C=O) groups is 9. The molecule has 474 valence electrons. The number of fused-ring (bicyclic) bond motifs is 3. The second kappa shape index (κ2) is 26.8. The molecule has 6 atom stereocenters. The lowest BCUT2D eigenvalue weighted by Gasteiger charge is -2.39. The van der Waals surface area contributed by atoms with Crippen molar-refractivity contribution in [2.75, 3.05) is 64.2 Å². The van der Waals surface area contributed by atoms with Crippen molar-refractivity contribution in [1.82, 2.24) is 45.8 Å². The van der Waals surface area contributed by atoms with Gasteiger partial charge >= 0.3 is 13.3 Å². The van der Waals surface area contributed by atoms with Crippen LogP contribution < -0.4 is 32.3 Å². The highest BCUT2D eigenvalue weighted by Gasteiger charge is 2.51. The van der Waals surface area contributed by atoms with Crippen LogP contribution >= 0.6 is 18.9 Å². The fraction of sp³-hybridized carbons (Fsp3) is 0.508. The van der Waals surface area contributed by atoms with E-state index in [4.69, 9.17) is 5.73 Å². The number of primary amides is 1. The Hall–Kier alpha value is -7.36. The van der Waals surface area contributed by atoms with E-state index in [0.717, 1.165) is 46.4 Å². The molecule has 0 spiro atoms. The molecule has 1 aromatic heterocycles. The van der Waals surface area contributed by atoms with Crippen molar-refractivity contribution in [1.29, 1.82) is 0 Å². The molecular weight excluding hydrogens is 1190 g/mol. The molecule has 1 unspecified atom stereocenters. The molecule has 0 bridgehead atoms. The van der Waals surface area contributed by atoms with Crippen molar-refractivity contribution >= 4 is 87.9 Å². The van der Waals surface area contributed by atoms with Gasteiger partial charge in [-0.3, -0.25) is 62.8 Å². The van der Waals surface area contributed by atoms with Crippen molar-refractivity contribution in [3.05, 3.63) is 99.4 Å². The molecule has 0 saturated carbocycles. The number of nitrogens with one attached hydrogen (secondary N) is 5. The number of piperidine rings is 1. The highest BCUT2D eigenvalue weighted by Crippen LogP contribution is 2.59. The van der Waals surface area contributed by atoms with Crippen LogP contribution in [0.5, 0.6) is 0 Å². The summed E-state index contributed by atoms with van der Waals surface area (Å²) in [4.78, 5) is 149. The molecule has 5 aliphatic rings. The Kier molecular flexibility index (Phi) is 19.8. The van der Waals surface area contributed by atoms with Gasteiger partial charge in [0, 0.05) is 111 Å². The molecule has 9 N–H and O–H groups in total. The summed E-state index contributed by atoms with van der Waals surface area (Å²) in [6.07, 6.45) is -2.66. The summed E-state index contributed by atoms with van der Waals surface area (Å²) >= 11 is 0.813. The Balaban J connectivity index is 0.875. The molecule has 23 nitrogen and oxygen atoms in total. The van der Waals surface area contributed by atoms with Crippen molar-refractivity contribution < 1.29 is 75.1 Å². The van der Waals surface area contributed by atoms with Crippen LogP contribution in [0.3, 0.4) is 0 Å². The topological polar surface area (TPSA) is 314 Å². The van der Waals surface area contributed by atoms with Gasteiger partial charge in [-0.1, -0.05) is 57.2 Å². The number of rotatable bonds is 21. The van der Waals surface area contributed by atoms with Gasteiger partial charge in [0.15, 0.2) is 0 Å². The lowest BCUT2D eigenvalue weighted by atomic mass is 9.86. The van der Waals surface area contributed by atoms with E-state index in [0.29, 0.717) is 37.3 Å². The van der Waals surface area contributed by atoms with Gasteiger partial charge in [-0.15, -0.1) is 11.3 Å². The molecule has 9 rings (SSSR count). The van der Waals surface area contributed by atoms with E-state index >= 15 is 0 Å². The summed E-state index contributed by atoms with van der Waals surface area (Å²) in [6, 6.07) is 10.0. The molecule has 3 aromatic carbocycles. The first kappa shape index (κ1) is 65.1. The van der Waals surface area contributed by atoms with Gasteiger partial charge in [0.1, 0.15) is 30.2 Å². The van der Waals surface area contributed by atoms with Crippen LogP contribution in [0.1, 0.15) is 108 Å². The Bertz CT molecular complexity index is 3410. The number of amides is 9. The van der Waals surface area contributed by atoms with Crippen LogP contribution in [0.15, 0.2) is 66.7 Å². The van der Waals surface area contributed by atoms with Gasteiger partial charge in [0.25, 0.3) is 18.2 Å². The van der Waals surface area contributed by atoms with Crippen molar-refractivity contribution in [2.45, 2.75) is 132 Å². The van der Waals surface area contributed by atoms with Gasteiger partial charge in [0.05, 0.1) is 11.4 Å². The second-order valence-electron chi connectivity index (χ2n) is 24.0. The maximum atomic E-state index is 14.8. The Labute approximate surface area is 508 Å². The third-order valence-corrected chi connectivity index (χ3v) is 19.0. The van der Waals surface area contributed by atoms with E-state index in [2.05, 4.69) is 52.3 Å². The zero-order valence-corrected chi connectivity index (χ0v) is 50.5. The van der Waals surface area contributed by atoms with Crippen molar-refractivity contribution in [3.63, 3.8) is 0 Å². The first-order valence-corrected chi connectivity index (χ1v) is 31.6. The van der Waals surface area contributed by atoms with Crippen molar-refractivity contribution in [2.24, 2.45) is 5.73 Å². The fourth-order valence-corrected chi connectivity index (χ4v) is 13.5. The monoisotopic (exact) mass is 1270 g/mol. The minimum absolute atomic E-state index is 0.0266. The average molecular weight is 1270 g/mol. The molecule has 4 aromatic rings. The third kappa shape index (κ3) is 14.9. The fourth-order valence-electron chi connectivity index (χ4n) is 12.1. The highest BCUT2D eigenvalue weighted by molar-refractivity contribution is 7.52. The lowest BCUT2D eigenvalue weighted by molar-refractivity contribution is -0.144. The van der Waals surface area contributed by atoms with Gasteiger partial charge in [0.2, 0.25) is 41.4 Å². The molecular formula is C59H72F4N11O12PS. The number of nitrogens with two attached hydrogens (primary N) is 1. The van der Waals surface area contributed by atoms with Crippen LogP contribution in [0, 0.1) is 0 Å². The largest absolute Gasteiger partial charge is 0.399 e. The molecule has 4 saturated heterocycles. The van der Waals surface area contributed by atoms with E-state index in [1.54, 1.807) is 17.0 Å². The quantitative estimate of drug-likeness (QED) is 0.0337. The number of thiophene rings is 1. The number of carbonyl (C=O) groups excluding carboxylic acids is 9. The van der Waals surface area contributed by atoms with Crippen molar-refractivity contribution in [3.8, 4) is 0 Å². The molecule has 9 amide bonds. The van der Waals surface area contributed by atoms with Crippen LogP contribution in [-0.4, -0.2) is 189 Å². The summed E-state index contributed by atoms with van der Waals surface area (Å²) in [5.74, 6) is -5.71. The first-order chi connectivity index (χ1) is 41.6. The minimum atomic E-state index is -5.94. The summed E-state index contributed by atoms with van der Waals surface area (Å²) in [7, 11) is -5.94. The number of hydrogen-bond donors (Lipinski definition) is 8. The molecule has 0 radical (unpaired) electrons. The smallest absolute Gasteiger partial charge is 0.383 e. The number of halogens is 4. The van der Waals surface area contributed by atoms with Gasteiger partial charge < -0.3 is 51.5 Å². The van der Waals surface area contributed by atoms with E-state index in [1.165, 1.54) is 20.8 Å². The summed E-state index contributed by atoms with van der Waals surface area (Å²) < 4.78 is 69.0. The lowest BCUT2D eigenvalue weighted by Crippen LogP contribution is -2.62. The average Bonchev–Trinajstić information content (AvgIpc) is 1.73. The number of hydrogen-bond acceptors (Lipinski definition) is 14. The normalized spacial score (nSPS) is 21.3. The number of anilines is 1. The zero-order chi connectivity index (χ0) is 63.6. The van der Waals surface area contributed by atoms with E-state index in [-0.39, 0.29) is 110 Å². The Morgan fingerprint density at radius 3 is 2.24 bits per heavy atom. The van der Waals surface area contributed by atoms with E-state index in [1.807, 2.05) is 30.3 Å². The van der Waals surface area contributed by atoms with Crippen LogP contribution in [0.4, 0.5) is 23.2 Å². The third-order valence-electron chi connectivity index (χ3n) is 16.9. The number of piperazine rings is 1. The standard InChI is InChI=1S/C59H72F4N11O12PS/c1-58(2,3)35-9-7-33(8-10-35)27-42(56(82)72-25-23-70(24-26-72)22-20-65-40-6-4-5-38-39(40)30-73(55(38)81)44-15-18-50(76)69-52(44)78)67-51(77)41(13-17-49(64)75)66-53(79)45-14-12-37-19-21-71(32-48(60)61)31-43(57(83)74(37)45)68-54(80)47-29-34-28-36(11-16-46(34)88-47)59(62,63)87(84,85)86/h4-11,16,28-29,37,41-45,48,65H,12-15,17-27,30-32H2,1-3H3,(H2,64,75)(H,66,79)(H,67,77)(H,68,80)(H,69,76,78)(H2,84,85,86)/t37-,41+,42+,43+,44?,45+/m1/s1. The summed E-state index contributed by atoms with van der Waals surface area (Å²) in [6.45, 7) is 7.75. The molecule has 5 aliphatic heterocycles. The first-order valence-electron chi connectivity index (χ1n) is 29.2. The van der Waals surface area contributed by atoms with Gasteiger partial charge in [-0.25, -0.2) is 8.78 Å². The van der Waals surface area contributed by atoms with Gasteiger partial charge in [-0.05, 0) is 84.4 Å².